The fraction of sp³-hybridized carbons (Fsp3) is 0.500. The van der Waals surface area contributed by atoms with Crippen LogP contribution in [0, 0.1) is 16.0 Å². The number of benzene rings is 1. The molecule has 1 aromatic rings. The van der Waals surface area contributed by atoms with E-state index >= 15 is 0 Å². The first kappa shape index (κ1) is 15.9. The Labute approximate surface area is 130 Å². The molecule has 0 unspecified atom stereocenters. The molecule has 1 heterocycles. The summed E-state index contributed by atoms with van der Waals surface area (Å²) in [5.74, 6) is 0.0883. The molecule has 1 fully saturated rings. The fourth-order valence-corrected chi connectivity index (χ4v) is 2.69. The first-order chi connectivity index (χ1) is 9.99. The van der Waals surface area contributed by atoms with Crippen molar-refractivity contribution in [3.8, 4) is 5.75 Å². The van der Waals surface area contributed by atoms with Gasteiger partial charge in [-0.1, -0.05) is 15.9 Å². The molecule has 114 valence electrons. The van der Waals surface area contributed by atoms with Crippen molar-refractivity contribution < 1.29 is 19.2 Å². The summed E-state index contributed by atoms with van der Waals surface area (Å²) in [7, 11) is 0. The fourth-order valence-electron chi connectivity index (χ4n) is 2.24. The van der Waals surface area contributed by atoms with E-state index < -0.39 is 4.92 Å². The third kappa shape index (κ3) is 4.01. The quantitative estimate of drug-likeness (QED) is 0.458. The number of Topliss-reactive ketones (excluding diaryl/α,β-unsaturated/α-hetero) is 1. The first-order valence-corrected chi connectivity index (χ1v) is 7.47. The van der Waals surface area contributed by atoms with E-state index in [1.807, 2.05) is 0 Å². The van der Waals surface area contributed by atoms with E-state index in [9.17, 15) is 14.9 Å². The lowest BCUT2D eigenvalue weighted by atomic mass is 10.0. The van der Waals surface area contributed by atoms with E-state index in [1.165, 1.54) is 13.0 Å². The molecule has 1 aliphatic rings. The molecule has 0 aromatic heterocycles. The van der Waals surface area contributed by atoms with Gasteiger partial charge in [-0.05, 0) is 31.7 Å². The highest BCUT2D eigenvalue weighted by Crippen LogP contribution is 2.35. The Bertz CT molecular complexity index is 519. The van der Waals surface area contributed by atoms with Gasteiger partial charge in [0.05, 0.1) is 17.1 Å². The Hall–Kier alpha value is -1.47. The number of nitro groups is 1. The van der Waals surface area contributed by atoms with Gasteiger partial charge in [-0.25, -0.2) is 0 Å². The van der Waals surface area contributed by atoms with Crippen molar-refractivity contribution >= 4 is 27.4 Å². The molecule has 0 radical (unpaired) electrons. The molecular formula is C14H16BrNO5. The normalized spacial score (nSPS) is 15.7. The summed E-state index contributed by atoms with van der Waals surface area (Å²) >= 11 is 3.18. The van der Waals surface area contributed by atoms with E-state index in [1.54, 1.807) is 6.07 Å². The largest absolute Gasteiger partial charge is 0.486 e. The van der Waals surface area contributed by atoms with Crippen LogP contribution in [0.5, 0.6) is 5.75 Å². The third-order valence-electron chi connectivity index (χ3n) is 3.41. The van der Waals surface area contributed by atoms with Crippen LogP contribution in [0.1, 0.15) is 30.1 Å². The smallest absolute Gasteiger partial charge is 0.312 e. The van der Waals surface area contributed by atoms with Crippen LogP contribution in [0.15, 0.2) is 16.6 Å². The highest BCUT2D eigenvalue weighted by Gasteiger charge is 2.24. The molecule has 0 spiro atoms. The van der Waals surface area contributed by atoms with Crippen molar-refractivity contribution in [3.63, 3.8) is 0 Å². The van der Waals surface area contributed by atoms with E-state index in [0.717, 1.165) is 12.8 Å². The number of nitro benzene ring substituents is 1. The van der Waals surface area contributed by atoms with Gasteiger partial charge >= 0.3 is 5.69 Å². The maximum absolute atomic E-state index is 11.7. The highest BCUT2D eigenvalue weighted by molar-refractivity contribution is 9.10. The lowest BCUT2D eigenvalue weighted by molar-refractivity contribution is -0.386. The summed E-state index contributed by atoms with van der Waals surface area (Å²) in [6.45, 7) is 3.07. The Morgan fingerprint density at radius 2 is 2.14 bits per heavy atom. The van der Waals surface area contributed by atoms with Gasteiger partial charge in [-0.15, -0.1) is 0 Å². The average molecular weight is 358 g/mol. The molecule has 0 bridgehead atoms. The molecule has 1 aromatic carbocycles. The molecule has 0 N–H and O–H groups in total. The third-order valence-corrected chi connectivity index (χ3v) is 3.87. The van der Waals surface area contributed by atoms with Gasteiger partial charge in [-0.2, -0.15) is 0 Å². The van der Waals surface area contributed by atoms with Crippen LogP contribution in [0.3, 0.4) is 0 Å². The molecule has 0 saturated carbocycles. The van der Waals surface area contributed by atoms with Gasteiger partial charge in [0.2, 0.25) is 5.75 Å². The average Bonchev–Trinajstić information content (AvgIpc) is 2.46. The summed E-state index contributed by atoms with van der Waals surface area (Å²) in [6, 6.07) is 2.90. The number of ketones is 1. The summed E-state index contributed by atoms with van der Waals surface area (Å²) in [5.41, 5.74) is 0.0322. The summed E-state index contributed by atoms with van der Waals surface area (Å²) < 4.78 is 11.4. The second-order valence-corrected chi connectivity index (χ2v) is 5.90. The molecule has 1 aliphatic heterocycles. The second kappa shape index (κ2) is 7.00. The van der Waals surface area contributed by atoms with Crippen molar-refractivity contribution in [2.75, 3.05) is 19.8 Å². The van der Waals surface area contributed by atoms with Gasteiger partial charge in [0.25, 0.3) is 0 Å². The molecule has 2 rings (SSSR count). The molecule has 0 amide bonds. The Morgan fingerprint density at radius 1 is 1.48 bits per heavy atom. The number of carbonyl (C=O) groups is 1. The maximum Gasteiger partial charge on any atom is 0.312 e. The van der Waals surface area contributed by atoms with Crippen LogP contribution in [-0.4, -0.2) is 30.5 Å². The monoisotopic (exact) mass is 357 g/mol. The minimum absolute atomic E-state index is 0.0576. The Morgan fingerprint density at radius 3 is 2.71 bits per heavy atom. The predicted octanol–water partition coefficient (Wildman–Crippen LogP) is 3.37. The summed E-state index contributed by atoms with van der Waals surface area (Å²) in [4.78, 5) is 22.3. The molecule has 7 heteroatoms. The number of hydrogen-bond acceptors (Lipinski definition) is 5. The van der Waals surface area contributed by atoms with Crippen molar-refractivity contribution in [1.29, 1.82) is 0 Å². The van der Waals surface area contributed by atoms with Crippen molar-refractivity contribution in [1.82, 2.24) is 0 Å². The maximum atomic E-state index is 11.7. The van der Waals surface area contributed by atoms with Crippen LogP contribution in [0.2, 0.25) is 0 Å². The van der Waals surface area contributed by atoms with Crippen LogP contribution in [0.25, 0.3) is 0 Å². The van der Waals surface area contributed by atoms with E-state index in [0.29, 0.717) is 30.2 Å². The predicted molar refractivity (Wildman–Crippen MR) is 79.8 cm³/mol. The number of carbonyl (C=O) groups excluding carboxylic acids is 1. The van der Waals surface area contributed by atoms with E-state index in [4.69, 9.17) is 9.47 Å². The van der Waals surface area contributed by atoms with E-state index in [2.05, 4.69) is 15.9 Å². The zero-order chi connectivity index (χ0) is 15.4. The van der Waals surface area contributed by atoms with Crippen LogP contribution >= 0.6 is 15.9 Å². The SMILES string of the molecule is CC(=O)c1cc(Br)cc([N+](=O)[O-])c1OCC1CCOCC1. The van der Waals surface area contributed by atoms with Crippen LogP contribution in [0.4, 0.5) is 5.69 Å². The standard InChI is InChI=1S/C14H16BrNO5/c1-9(17)12-6-11(15)7-13(16(18)19)14(12)21-8-10-2-4-20-5-3-10/h6-7,10H,2-5,8H2,1H3. The lowest BCUT2D eigenvalue weighted by Gasteiger charge is -2.22. The zero-order valence-corrected chi connectivity index (χ0v) is 13.2. The number of rotatable bonds is 5. The van der Waals surface area contributed by atoms with Crippen LogP contribution < -0.4 is 4.74 Å². The lowest BCUT2D eigenvalue weighted by Crippen LogP contribution is -2.22. The van der Waals surface area contributed by atoms with Gasteiger partial charge in [0.1, 0.15) is 0 Å². The molecule has 21 heavy (non-hydrogen) atoms. The minimum atomic E-state index is -0.531. The topological polar surface area (TPSA) is 78.7 Å². The molecule has 0 aliphatic carbocycles. The molecular weight excluding hydrogens is 342 g/mol. The molecule has 1 saturated heterocycles. The zero-order valence-electron chi connectivity index (χ0n) is 11.6. The van der Waals surface area contributed by atoms with Gasteiger partial charge in [-0.3, -0.25) is 14.9 Å². The highest BCUT2D eigenvalue weighted by atomic mass is 79.9. The first-order valence-electron chi connectivity index (χ1n) is 6.68. The summed E-state index contributed by atoms with van der Waals surface area (Å²) in [5, 5.41) is 11.2. The Balaban J connectivity index is 2.26. The minimum Gasteiger partial charge on any atom is -0.486 e. The van der Waals surface area contributed by atoms with Crippen molar-refractivity contribution in [2.24, 2.45) is 5.92 Å². The van der Waals surface area contributed by atoms with Gasteiger partial charge < -0.3 is 9.47 Å². The van der Waals surface area contributed by atoms with Crippen LogP contribution in [-0.2, 0) is 4.74 Å². The number of nitrogens with zero attached hydrogens (tertiary/aromatic N) is 1. The number of ether oxygens (including phenoxy) is 2. The molecule has 6 nitrogen and oxygen atoms in total. The van der Waals surface area contributed by atoms with Crippen molar-refractivity contribution in [2.45, 2.75) is 19.8 Å². The number of halogens is 1. The van der Waals surface area contributed by atoms with Gasteiger partial charge in [0, 0.05) is 23.8 Å². The molecule has 0 atom stereocenters. The summed E-state index contributed by atoms with van der Waals surface area (Å²) in [6.07, 6.45) is 1.72. The van der Waals surface area contributed by atoms with E-state index in [-0.39, 0.29) is 22.8 Å². The number of hydrogen-bond donors (Lipinski definition) is 0. The second-order valence-electron chi connectivity index (χ2n) is 4.98. The van der Waals surface area contributed by atoms with Crippen molar-refractivity contribution in [3.05, 3.63) is 32.3 Å². The Kier molecular flexibility index (Phi) is 5.30. The van der Waals surface area contributed by atoms with Gasteiger partial charge in [0.15, 0.2) is 5.78 Å².